The van der Waals surface area contributed by atoms with Gasteiger partial charge in [0, 0.05) is 26.2 Å². The first-order valence-electron chi connectivity index (χ1n) is 9.49. The molecule has 0 heterocycles. The molecule has 9 heteroatoms. The smallest absolute Gasteiger partial charge is 0.407 e. The fourth-order valence-electron chi connectivity index (χ4n) is 2.37. The Morgan fingerprint density at radius 2 is 1.76 bits per heavy atom. The van der Waals surface area contributed by atoms with E-state index in [4.69, 9.17) is 14.2 Å². The van der Waals surface area contributed by atoms with Crippen molar-refractivity contribution in [1.29, 1.82) is 0 Å². The predicted molar refractivity (Wildman–Crippen MR) is 127 cm³/mol. The van der Waals surface area contributed by atoms with Gasteiger partial charge in [-0.15, -0.1) is 24.0 Å². The Morgan fingerprint density at radius 1 is 1.07 bits per heavy atom. The first-order valence-corrected chi connectivity index (χ1v) is 9.49. The highest BCUT2D eigenvalue weighted by Gasteiger charge is 2.15. The van der Waals surface area contributed by atoms with Crippen LogP contribution in [0.3, 0.4) is 0 Å². The Balaban J connectivity index is 0.00000784. The molecule has 1 rings (SSSR count). The van der Waals surface area contributed by atoms with Crippen LogP contribution < -0.4 is 25.4 Å². The second-order valence-electron chi connectivity index (χ2n) is 7.04. The van der Waals surface area contributed by atoms with Gasteiger partial charge >= 0.3 is 6.09 Å². The average molecular weight is 522 g/mol. The highest BCUT2D eigenvalue weighted by Crippen LogP contribution is 2.24. The van der Waals surface area contributed by atoms with Crippen LogP contribution in [-0.2, 0) is 11.2 Å². The van der Waals surface area contributed by atoms with Gasteiger partial charge in [0.1, 0.15) is 17.1 Å². The van der Waals surface area contributed by atoms with Crippen molar-refractivity contribution < 1.29 is 19.0 Å². The molecular formula is C20H35IN4O4. The number of aliphatic imine (C=N–C) groups is 1. The van der Waals surface area contributed by atoms with Crippen LogP contribution in [0.15, 0.2) is 23.2 Å². The van der Waals surface area contributed by atoms with E-state index in [2.05, 4.69) is 20.9 Å². The van der Waals surface area contributed by atoms with E-state index in [1.54, 1.807) is 14.2 Å². The molecule has 29 heavy (non-hydrogen) atoms. The predicted octanol–water partition coefficient (Wildman–Crippen LogP) is 2.94. The second kappa shape index (κ2) is 14.1. The van der Waals surface area contributed by atoms with Crippen molar-refractivity contribution in [2.45, 2.75) is 39.7 Å². The number of nitrogens with zero attached hydrogens (tertiary/aromatic N) is 1. The molecule has 0 aliphatic heterocycles. The van der Waals surface area contributed by atoms with Gasteiger partial charge in [-0.1, -0.05) is 0 Å². The van der Waals surface area contributed by atoms with Crippen molar-refractivity contribution in [1.82, 2.24) is 16.0 Å². The van der Waals surface area contributed by atoms with E-state index in [0.29, 0.717) is 32.0 Å². The number of nitrogens with one attached hydrogen (secondary N) is 3. The quantitative estimate of drug-likeness (QED) is 0.200. The van der Waals surface area contributed by atoms with Crippen LogP contribution in [0, 0.1) is 0 Å². The molecule has 8 nitrogen and oxygen atoms in total. The molecule has 166 valence electrons. The van der Waals surface area contributed by atoms with Crippen LogP contribution in [0.1, 0.15) is 33.3 Å². The normalized spacial score (nSPS) is 11.2. The van der Waals surface area contributed by atoms with Crippen molar-refractivity contribution >= 4 is 36.0 Å². The van der Waals surface area contributed by atoms with Crippen LogP contribution in [0.2, 0.25) is 0 Å². The molecule has 0 spiro atoms. The molecule has 1 aromatic carbocycles. The standard InChI is InChI=1S/C20H34N4O4.HI/c1-7-21-18(23-12-13-24-19(25)28-20(2,3)4)22-11-10-15-14-16(26-5)8-9-17(15)27-6;/h8-9,14H,7,10-13H2,1-6H3,(H,24,25)(H2,21,22,23);1H. The van der Waals surface area contributed by atoms with E-state index in [1.807, 2.05) is 45.9 Å². The number of hydrogen-bond acceptors (Lipinski definition) is 5. The average Bonchev–Trinajstić information content (AvgIpc) is 2.63. The molecule has 0 aliphatic rings. The van der Waals surface area contributed by atoms with Crippen LogP contribution in [-0.4, -0.2) is 58.1 Å². The Hall–Kier alpha value is -1.91. The third-order valence-corrected chi connectivity index (χ3v) is 3.57. The Labute approximate surface area is 191 Å². The lowest BCUT2D eigenvalue weighted by atomic mass is 10.1. The first-order chi connectivity index (χ1) is 13.3. The van der Waals surface area contributed by atoms with Crippen LogP contribution in [0.4, 0.5) is 4.79 Å². The van der Waals surface area contributed by atoms with E-state index >= 15 is 0 Å². The summed E-state index contributed by atoms with van der Waals surface area (Å²) in [6.45, 7) is 9.79. The molecule has 0 fully saturated rings. The molecule has 0 aromatic heterocycles. The fraction of sp³-hybridized carbons (Fsp3) is 0.600. The van der Waals surface area contributed by atoms with Crippen molar-refractivity contribution in [2.75, 3.05) is 40.4 Å². The summed E-state index contributed by atoms with van der Waals surface area (Å²) >= 11 is 0. The summed E-state index contributed by atoms with van der Waals surface area (Å²) in [6.07, 6.45) is 0.286. The molecule has 0 saturated carbocycles. The number of ether oxygens (including phenoxy) is 3. The lowest BCUT2D eigenvalue weighted by Gasteiger charge is -2.20. The third-order valence-electron chi connectivity index (χ3n) is 3.57. The number of benzene rings is 1. The summed E-state index contributed by atoms with van der Waals surface area (Å²) in [5, 5.41) is 9.08. The first kappa shape index (κ1) is 27.1. The second-order valence-corrected chi connectivity index (χ2v) is 7.04. The molecule has 0 saturated heterocycles. The molecule has 0 atom stereocenters. The largest absolute Gasteiger partial charge is 0.497 e. The van der Waals surface area contributed by atoms with E-state index in [0.717, 1.165) is 23.6 Å². The topological polar surface area (TPSA) is 93.2 Å². The molecule has 1 amide bonds. The van der Waals surface area contributed by atoms with Crippen LogP contribution in [0.25, 0.3) is 0 Å². The van der Waals surface area contributed by atoms with E-state index < -0.39 is 11.7 Å². The molecule has 0 unspecified atom stereocenters. The maximum absolute atomic E-state index is 11.6. The molecule has 0 aliphatic carbocycles. The highest BCUT2D eigenvalue weighted by atomic mass is 127. The zero-order chi connectivity index (χ0) is 21.0. The number of carbonyl (C=O) groups excluding carboxylic acids is 1. The number of halogens is 1. The van der Waals surface area contributed by atoms with Crippen molar-refractivity contribution in [3.8, 4) is 11.5 Å². The number of methoxy groups -OCH3 is 2. The zero-order valence-corrected chi connectivity index (χ0v) is 20.6. The number of rotatable bonds is 9. The van der Waals surface area contributed by atoms with Gasteiger partial charge in [-0.05, 0) is 57.9 Å². The maximum Gasteiger partial charge on any atom is 0.407 e. The Kier molecular flexibility index (Phi) is 13.2. The monoisotopic (exact) mass is 522 g/mol. The van der Waals surface area contributed by atoms with Gasteiger partial charge in [0.15, 0.2) is 5.96 Å². The van der Waals surface area contributed by atoms with E-state index in [1.165, 1.54) is 0 Å². The molecule has 1 aromatic rings. The minimum atomic E-state index is -0.505. The highest BCUT2D eigenvalue weighted by molar-refractivity contribution is 14.0. The van der Waals surface area contributed by atoms with Crippen LogP contribution in [0.5, 0.6) is 11.5 Å². The van der Waals surface area contributed by atoms with Crippen molar-refractivity contribution in [2.24, 2.45) is 4.99 Å². The number of hydrogen-bond donors (Lipinski definition) is 3. The SMILES string of the molecule is CCNC(=NCCc1cc(OC)ccc1OC)NCCNC(=O)OC(C)(C)C.I. The zero-order valence-electron chi connectivity index (χ0n) is 18.3. The lowest BCUT2D eigenvalue weighted by molar-refractivity contribution is 0.0529. The maximum atomic E-state index is 11.6. The molecule has 3 N–H and O–H groups in total. The lowest BCUT2D eigenvalue weighted by Crippen LogP contribution is -2.42. The van der Waals surface area contributed by atoms with Gasteiger partial charge in [-0.2, -0.15) is 0 Å². The summed E-state index contributed by atoms with van der Waals surface area (Å²) in [5.74, 6) is 2.30. The van der Waals surface area contributed by atoms with Gasteiger partial charge in [0.2, 0.25) is 0 Å². The van der Waals surface area contributed by atoms with Crippen LogP contribution >= 0.6 is 24.0 Å². The van der Waals surface area contributed by atoms with Crippen molar-refractivity contribution in [3.05, 3.63) is 23.8 Å². The number of guanidine groups is 1. The molecule has 0 bridgehead atoms. The van der Waals surface area contributed by atoms with Gasteiger partial charge < -0.3 is 30.2 Å². The summed E-state index contributed by atoms with van der Waals surface area (Å²) in [5.41, 5.74) is 0.530. The summed E-state index contributed by atoms with van der Waals surface area (Å²) in [7, 11) is 3.29. The van der Waals surface area contributed by atoms with Gasteiger partial charge in [-0.3, -0.25) is 4.99 Å². The number of carbonyl (C=O) groups is 1. The summed E-state index contributed by atoms with van der Waals surface area (Å²) < 4.78 is 15.9. The third kappa shape index (κ3) is 11.6. The molecule has 0 radical (unpaired) electrons. The number of alkyl carbamates (subject to hydrolysis) is 1. The number of amides is 1. The fourth-order valence-corrected chi connectivity index (χ4v) is 2.37. The van der Waals surface area contributed by atoms with Gasteiger partial charge in [0.25, 0.3) is 0 Å². The summed E-state index contributed by atoms with van der Waals surface area (Å²) in [4.78, 5) is 16.2. The summed E-state index contributed by atoms with van der Waals surface area (Å²) in [6, 6.07) is 5.72. The molecular weight excluding hydrogens is 487 g/mol. The van der Waals surface area contributed by atoms with E-state index in [-0.39, 0.29) is 24.0 Å². The Morgan fingerprint density at radius 3 is 2.34 bits per heavy atom. The Bertz CT molecular complexity index is 648. The minimum absolute atomic E-state index is 0. The minimum Gasteiger partial charge on any atom is -0.497 e. The van der Waals surface area contributed by atoms with Gasteiger partial charge in [0.05, 0.1) is 14.2 Å². The van der Waals surface area contributed by atoms with E-state index in [9.17, 15) is 4.79 Å². The van der Waals surface area contributed by atoms with Gasteiger partial charge in [-0.25, -0.2) is 4.79 Å². The van der Waals surface area contributed by atoms with Crippen molar-refractivity contribution in [3.63, 3.8) is 0 Å².